The van der Waals surface area contributed by atoms with Crippen LogP contribution in [0.1, 0.15) is 0 Å². The maximum absolute atomic E-state index is 13.8. The lowest BCUT2D eigenvalue weighted by atomic mass is 10.0. The number of rotatable bonds is 5. The lowest BCUT2D eigenvalue weighted by molar-refractivity contribution is -0.133. The topological polar surface area (TPSA) is 47.1 Å². The van der Waals surface area contributed by atoms with Crippen molar-refractivity contribution in [2.75, 3.05) is 47.4 Å². The Hall–Kier alpha value is -2.39. The highest BCUT2D eigenvalue weighted by atomic mass is 35.5. The van der Waals surface area contributed by atoms with Crippen LogP contribution >= 0.6 is 59.4 Å². The lowest BCUT2D eigenvalue weighted by Gasteiger charge is -2.42. The van der Waals surface area contributed by atoms with Crippen molar-refractivity contribution in [3.05, 3.63) is 87.9 Å². The zero-order valence-corrected chi connectivity index (χ0v) is 24.0. The molecule has 6 nitrogen and oxygen atoms in total. The number of hydrogen-bond acceptors (Lipinski definition) is 5. The number of carbonyl (C=O) groups is 2. The molecule has 2 aliphatic rings. The summed E-state index contributed by atoms with van der Waals surface area (Å²) in [6, 6.07) is 21.7. The highest BCUT2D eigenvalue weighted by molar-refractivity contribution is 7.81. The van der Waals surface area contributed by atoms with E-state index in [1.807, 2.05) is 42.5 Å². The van der Waals surface area contributed by atoms with Crippen molar-refractivity contribution < 1.29 is 9.59 Å². The minimum absolute atomic E-state index is 0. The summed E-state index contributed by atoms with van der Waals surface area (Å²) in [6.45, 7) is 3.18. The first-order valence-electron chi connectivity index (χ1n) is 11.8. The van der Waals surface area contributed by atoms with E-state index in [2.05, 4.69) is 9.80 Å². The monoisotopic (exact) mass is 608 g/mol. The second-order valence-electron chi connectivity index (χ2n) is 8.91. The smallest absolute Gasteiger partial charge is 0.247 e. The molecule has 0 radical (unpaired) electrons. The Labute approximate surface area is 248 Å². The second kappa shape index (κ2) is 12.2. The summed E-state index contributed by atoms with van der Waals surface area (Å²) in [5, 5.41) is 1.50. The SMILES string of the molecule is Cl.O=C1C(CN2CCN(c3cccc(Cl)c3)CC2)C(=O)N(c2cc(Cl)cc(Cl)c2)C(=S)N1c1ccccc1. The van der Waals surface area contributed by atoms with Crippen molar-refractivity contribution in [3.8, 4) is 0 Å². The number of thiocarbonyl (C=S) groups is 1. The Morgan fingerprint density at radius 3 is 1.84 bits per heavy atom. The Morgan fingerprint density at radius 1 is 0.684 bits per heavy atom. The van der Waals surface area contributed by atoms with Gasteiger partial charge >= 0.3 is 0 Å². The molecule has 2 fully saturated rings. The first-order valence-corrected chi connectivity index (χ1v) is 13.3. The van der Waals surface area contributed by atoms with Crippen LogP contribution in [0.5, 0.6) is 0 Å². The van der Waals surface area contributed by atoms with Crippen LogP contribution < -0.4 is 14.7 Å². The number of halogens is 4. The molecule has 2 amide bonds. The molecule has 11 heteroatoms. The van der Waals surface area contributed by atoms with Crippen molar-refractivity contribution in [2.45, 2.75) is 0 Å². The summed E-state index contributed by atoms with van der Waals surface area (Å²) in [4.78, 5) is 34.7. The number of benzene rings is 3. The fourth-order valence-electron chi connectivity index (χ4n) is 4.70. The summed E-state index contributed by atoms with van der Waals surface area (Å²) in [7, 11) is 0. The summed E-state index contributed by atoms with van der Waals surface area (Å²) < 4.78 is 0. The van der Waals surface area contributed by atoms with Crippen LogP contribution in [0, 0.1) is 5.92 Å². The predicted octanol–water partition coefficient (Wildman–Crippen LogP) is 6.17. The van der Waals surface area contributed by atoms with Gasteiger partial charge in [0.1, 0.15) is 5.92 Å². The van der Waals surface area contributed by atoms with Crippen LogP contribution in [-0.4, -0.2) is 54.6 Å². The average molecular weight is 610 g/mol. The lowest BCUT2D eigenvalue weighted by Crippen LogP contribution is -2.63. The molecule has 0 N–H and O–H groups in total. The Balaban J connectivity index is 0.00000336. The molecule has 0 bridgehead atoms. The molecule has 5 rings (SSSR count). The Kier molecular flexibility index (Phi) is 9.19. The van der Waals surface area contributed by atoms with E-state index in [0.717, 1.165) is 18.8 Å². The number of para-hydroxylation sites is 1. The van der Waals surface area contributed by atoms with Crippen molar-refractivity contribution in [1.29, 1.82) is 0 Å². The first-order chi connectivity index (χ1) is 17.8. The Morgan fingerprint density at radius 2 is 1.24 bits per heavy atom. The van der Waals surface area contributed by atoms with Crippen LogP contribution in [0.4, 0.5) is 17.1 Å². The molecule has 1 atom stereocenters. The van der Waals surface area contributed by atoms with Crippen LogP contribution in [0.3, 0.4) is 0 Å². The summed E-state index contributed by atoms with van der Waals surface area (Å²) in [6.07, 6.45) is 0. The van der Waals surface area contributed by atoms with Crippen molar-refractivity contribution in [2.24, 2.45) is 5.92 Å². The van der Waals surface area contributed by atoms with E-state index >= 15 is 0 Å². The van der Waals surface area contributed by atoms with Gasteiger partial charge in [-0.25, -0.2) is 0 Å². The Bertz CT molecular complexity index is 1330. The van der Waals surface area contributed by atoms with Crippen molar-refractivity contribution in [1.82, 2.24) is 4.90 Å². The second-order valence-corrected chi connectivity index (χ2v) is 10.6. The third kappa shape index (κ3) is 5.93. The molecular formula is C27H24Cl4N4O2S. The van der Waals surface area contributed by atoms with Crippen LogP contribution in [0.15, 0.2) is 72.8 Å². The highest BCUT2D eigenvalue weighted by Crippen LogP contribution is 2.33. The van der Waals surface area contributed by atoms with Crippen LogP contribution in [0.25, 0.3) is 0 Å². The van der Waals surface area contributed by atoms with Gasteiger partial charge in [-0.15, -0.1) is 12.4 Å². The van der Waals surface area contributed by atoms with Gasteiger partial charge in [-0.2, -0.15) is 0 Å². The maximum Gasteiger partial charge on any atom is 0.247 e. The number of carbonyl (C=O) groups excluding carboxylic acids is 2. The van der Waals surface area contributed by atoms with Gasteiger partial charge in [0.2, 0.25) is 11.8 Å². The van der Waals surface area contributed by atoms with Gasteiger partial charge in [-0.3, -0.25) is 24.3 Å². The molecule has 0 saturated carbocycles. The highest BCUT2D eigenvalue weighted by Gasteiger charge is 2.46. The van der Waals surface area contributed by atoms with E-state index in [-0.39, 0.29) is 30.0 Å². The van der Waals surface area contributed by atoms with Crippen molar-refractivity contribution >= 4 is 93.4 Å². The van der Waals surface area contributed by atoms with Gasteiger partial charge in [0.25, 0.3) is 0 Å². The van der Waals surface area contributed by atoms with Gasteiger partial charge in [0, 0.05) is 53.5 Å². The number of nitrogens with zero attached hydrogens (tertiary/aromatic N) is 4. The van der Waals surface area contributed by atoms with Crippen LogP contribution in [0.2, 0.25) is 15.1 Å². The third-order valence-electron chi connectivity index (χ3n) is 6.53. The fourth-order valence-corrected chi connectivity index (χ4v) is 5.79. The van der Waals surface area contributed by atoms with E-state index in [0.29, 0.717) is 39.5 Å². The van der Waals surface area contributed by atoms with Gasteiger partial charge in [0.05, 0.1) is 11.4 Å². The number of amides is 2. The number of anilines is 3. The van der Waals surface area contributed by atoms with Crippen molar-refractivity contribution in [3.63, 3.8) is 0 Å². The van der Waals surface area contributed by atoms with E-state index in [4.69, 9.17) is 47.0 Å². The van der Waals surface area contributed by atoms with Gasteiger partial charge in [0.15, 0.2) is 5.11 Å². The normalized spacial score (nSPS) is 18.6. The molecule has 2 saturated heterocycles. The number of hydrogen-bond donors (Lipinski definition) is 0. The summed E-state index contributed by atoms with van der Waals surface area (Å²) in [5.41, 5.74) is 2.08. The molecule has 198 valence electrons. The largest absolute Gasteiger partial charge is 0.369 e. The molecule has 0 spiro atoms. The quantitative estimate of drug-likeness (QED) is 0.256. The zero-order valence-electron chi connectivity index (χ0n) is 20.1. The number of piperazine rings is 1. The molecule has 0 aliphatic carbocycles. The van der Waals surface area contributed by atoms with E-state index in [1.165, 1.54) is 9.80 Å². The zero-order chi connectivity index (χ0) is 26.1. The molecule has 3 aromatic rings. The molecule has 0 aromatic heterocycles. The molecule has 38 heavy (non-hydrogen) atoms. The minimum atomic E-state index is -0.942. The standard InChI is InChI=1S/C27H23Cl3N4O2S.ClH/c28-18-5-4-8-22(14-18)32-11-9-31(10-12-32)17-24-25(35)33(21-6-2-1-3-7-21)27(37)34(26(24)36)23-15-19(29)13-20(30)16-23;/h1-8,13-16,24H,9-12,17H2;1H. The third-order valence-corrected chi connectivity index (χ3v) is 7.56. The van der Waals surface area contributed by atoms with E-state index in [9.17, 15) is 9.59 Å². The van der Waals surface area contributed by atoms with Gasteiger partial charge in [-0.1, -0.05) is 59.1 Å². The van der Waals surface area contributed by atoms with Gasteiger partial charge in [-0.05, 0) is 60.7 Å². The molecule has 2 heterocycles. The fraction of sp³-hybridized carbons (Fsp3) is 0.222. The van der Waals surface area contributed by atoms with E-state index < -0.39 is 11.8 Å². The van der Waals surface area contributed by atoms with Gasteiger partial charge < -0.3 is 4.90 Å². The first kappa shape index (κ1) is 28.6. The molecule has 3 aromatic carbocycles. The molecule has 2 aliphatic heterocycles. The molecule has 1 unspecified atom stereocenters. The predicted molar refractivity (Wildman–Crippen MR) is 161 cm³/mol. The summed E-state index contributed by atoms with van der Waals surface area (Å²) >= 11 is 24.3. The van der Waals surface area contributed by atoms with Crippen LogP contribution in [-0.2, 0) is 9.59 Å². The minimum Gasteiger partial charge on any atom is -0.369 e. The van der Waals surface area contributed by atoms with E-state index in [1.54, 1.807) is 30.3 Å². The maximum atomic E-state index is 13.8. The average Bonchev–Trinajstić information content (AvgIpc) is 2.87. The summed E-state index contributed by atoms with van der Waals surface area (Å²) in [5.74, 6) is -1.68. The molecular weight excluding hydrogens is 586 g/mol.